The number of hydrogen-bond donors (Lipinski definition) is 0. The van der Waals surface area contributed by atoms with Gasteiger partial charge in [-0.15, -0.1) is 0 Å². The van der Waals surface area contributed by atoms with E-state index in [0.29, 0.717) is 12.0 Å². The number of allylic oxidation sites excluding steroid dienone is 4. The highest BCUT2D eigenvalue weighted by molar-refractivity contribution is 6.22. The molecule has 0 saturated carbocycles. The summed E-state index contributed by atoms with van der Waals surface area (Å²) in [6, 6.07) is 9.11. The van der Waals surface area contributed by atoms with Gasteiger partial charge in [0, 0.05) is 12.0 Å². The second kappa shape index (κ2) is 3.93. The first-order valence-corrected chi connectivity index (χ1v) is 4.72. The Labute approximate surface area is 88.2 Å². The largest absolute Gasteiger partial charge is 0.294 e. The van der Waals surface area contributed by atoms with Crippen molar-refractivity contribution in [1.29, 1.82) is 5.26 Å². The predicted molar refractivity (Wildman–Crippen MR) is 57.9 cm³/mol. The maximum absolute atomic E-state index is 11.6. The van der Waals surface area contributed by atoms with Crippen LogP contribution < -0.4 is 0 Å². The van der Waals surface area contributed by atoms with E-state index in [0.717, 1.165) is 11.1 Å². The Morgan fingerprint density at radius 1 is 1.20 bits per heavy atom. The van der Waals surface area contributed by atoms with Crippen molar-refractivity contribution in [3.05, 3.63) is 53.6 Å². The Bertz CT molecular complexity index is 486. The van der Waals surface area contributed by atoms with E-state index >= 15 is 0 Å². The SMILES string of the molecule is N#Cc1ccc(C2=CC=CCC2=O)cc1. The highest BCUT2D eigenvalue weighted by Gasteiger charge is 2.11. The van der Waals surface area contributed by atoms with E-state index in [1.807, 2.05) is 24.3 Å². The molecule has 0 atom stereocenters. The Morgan fingerprint density at radius 2 is 1.93 bits per heavy atom. The van der Waals surface area contributed by atoms with Gasteiger partial charge in [-0.25, -0.2) is 0 Å². The molecule has 2 nitrogen and oxygen atoms in total. The summed E-state index contributed by atoms with van der Waals surface area (Å²) >= 11 is 0. The zero-order valence-corrected chi connectivity index (χ0v) is 8.10. The standard InChI is InChI=1S/C13H9NO/c14-9-10-5-7-11(8-6-10)12-3-1-2-4-13(12)15/h1-3,5-8H,4H2. The monoisotopic (exact) mass is 195 g/mol. The van der Waals surface area contributed by atoms with Crippen LogP contribution >= 0.6 is 0 Å². The van der Waals surface area contributed by atoms with Gasteiger partial charge in [0.1, 0.15) is 0 Å². The molecule has 1 aromatic carbocycles. The lowest BCUT2D eigenvalue weighted by Gasteiger charge is -2.07. The van der Waals surface area contributed by atoms with Crippen molar-refractivity contribution in [3.63, 3.8) is 0 Å². The molecule has 0 aromatic heterocycles. The summed E-state index contributed by atoms with van der Waals surface area (Å²) in [6.07, 6.45) is 6.00. The van der Waals surface area contributed by atoms with Crippen LogP contribution in [0, 0.1) is 11.3 Å². The van der Waals surface area contributed by atoms with Crippen LogP contribution in [-0.2, 0) is 4.79 Å². The number of nitriles is 1. The van der Waals surface area contributed by atoms with Crippen LogP contribution in [0.1, 0.15) is 17.5 Å². The molecule has 72 valence electrons. The Kier molecular flexibility index (Phi) is 2.47. The van der Waals surface area contributed by atoms with Crippen LogP contribution in [0.4, 0.5) is 0 Å². The van der Waals surface area contributed by atoms with Crippen molar-refractivity contribution < 1.29 is 4.79 Å². The lowest BCUT2D eigenvalue weighted by Crippen LogP contribution is -2.02. The first kappa shape index (κ1) is 9.42. The maximum Gasteiger partial charge on any atom is 0.167 e. The van der Waals surface area contributed by atoms with Crippen LogP contribution in [0.2, 0.25) is 0 Å². The lowest BCUT2D eigenvalue weighted by atomic mass is 9.96. The Hall–Kier alpha value is -2.14. The molecular weight excluding hydrogens is 186 g/mol. The van der Waals surface area contributed by atoms with Crippen LogP contribution in [0.25, 0.3) is 5.57 Å². The number of nitrogens with zero attached hydrogens (tertiary/aromatic N) is 1. The minimum atomic E-state index is 0.127. The molecule has 2 heteroatoms. The molecule has 15 heavy (non-hydrogen) atoms. The van der Waals surface area contributed by atoms with Crippen molar-refractivity contribution in [3.8, 4) is 6.07 Å². The summed E-state index contributed by atoms with van der Waals surface area (Å²) in [4.78, 5) is 11.6. The molecule has 1 aliphatic carbocycles. The maximum atomic E-state index is 11.6. The molecule has 0 heterocycles. The topological polar surface area (TPSA) is 40.9 Å². The smallest absolute Gasteiger partial charge is 0.167 e. The molecule has 1 aromatic rings. The fourth-order valence-corrected chi connectivity index (χ4v) is 1.52. The fraction of sp³-hybridized carbons (Fsp3) is 0.0769. The molecule has 0 amide bonds. The molecule has 1 aliphatic rings. The third-order valence-corrected chi connectivity index (χ3v) is 2.33. The van der Waals surface area contributed by atoms with Gasteiger partial charge in [0.05, 0.1) is 11.6 Å². The molecule has 0 fully saturated rings. The summed E-state index contributed by atoms with van der Waals surface area (Å²) in [6.45, 7) is 0. The molecular formula is C13H9NO. The summed E-state index contributed by atoms with van der Waals surface area (Å²) in [5, 5.41) is 8.65. The van der Waals surface area contributed by atoms with Gasteiger partial charge >= 0.3 is 0 Å². The number of ketones is 1. The van der Waals surface area contributed by atoms with Crippen molar-refractivity contribution in [2.45, 2.75) is 6.42 Å². The number of benzene rings is 1. The van der Waals surface area contributed by atoms with E-state index in [1.54, 1.807) is 24.3 Å². The minimum Gasteiger partial charge on any atom is -0.294 e. The van der Waals surface area contributed by atoms with Gasteiger partial charge in [0.25, 0.3) is 0 Å². The molecule has 0 N–H and O–H groups in total. The molecule has 2 rings (SSSR count). The second-order valence-corrected chi connectivity index (χ2v) is 3.32. The number of hydrogen-bond acceptors (Lipinski definition) is 2. The van der Waals surface area contributed by atoms with Crippen LogP contribution in [0.15, 0.2) is 42.5 Å². The predicted octanol–water partition coefficient (Wildman–Crippen LogP) is 2.47. The van der Waals surface area contributed by atoms with E-state index in [1.165, 1.54) is 0 Å². The third-order valence-electron chi connectivity index (χ3n) is 2.33. The quantitative estimate of drug-likeness (QED) is 0.690. The van der Waals surface area contributed by atoms with Gasteiger partial charge in [-0.05, 0) is 17.7 Å². The summed E-state index contributed by atoms with van der Waals surface area (Å²) < 4.78 is 0. The minimum absolute atomic E-state index is 0.127. The molecule has 0 saturated heterocycles. The van der Waals surface area contributed by atoms with Gasteiger partial charge in [-0.3, -0.25) is 4.79 Å². The number of carbonyl (C=O) groups excluding carboxylic acids is 1. The number of rotatable bonds is 1. The van der Waals surface area contributed by atoms with Crippen molar-refractivity contribution >= 4 is 11.4 Å². The second-order valence-electron chi connectivity index (χ2n) is 3.32. The van der Waals surface area contributed by atoms with E-state index in [2.05, 4.69) is 0 Å². The van der Waals surface area contributed by atoms with E-state index in [4.69, 9.17) is 5.26 Å². The average Bonchev–Trinajstić information content (AvgIpc) is 2.30. The third kappa shape index (κ3) is 1.87. The van der Waals surface area contributed by atoms with Crippen LogP contribution in [0.5, 0.6) is 0 Å². The van der Waals surface area contributed by atoms with Crippen LogP contribution in [0.3, 0.4) is 0 Å². The Morgan fingerprint density at radius 3 is 2.53 bits per heavy atom. The van der Waals surface area contributed by atoms with Gasteiger partial charge in [0.15, 0.2) is 5.78 Å². The summed E-state index contributed by atoms with van der Waals surface area (Å²) in [5.41, 5.74) is 2.21. The number of carbonyl (C=O) groups is 1. The molecule has 0 bridgehead atoms. The summed E-state index contributed by atoms with van der Waals surface area (Å²) in [7, 11) is 0. The molecule has 0 aliphatic heterocycles. The molecule has 0 unspecified atom stereocenters. The highest BCUT2D eigenvalue weighted by Crippen LogP contribution is 2.20. The van der Waals surface area contributed by atoms with Crippen LogP contribution in [-0.4, -0.2) is 5.78 Å². The van der Waals surface area contributed by atoms with Gasteiger partial charge in [-0.1, -0.05) is 30.4 Å². The number of Topliss-reactive ketones (excluding diaryl/α,β-unsaturated/α-hetero) is 1. The first-order valence-electron chi connectivity index (χ1n) is 4.72. The zero-order valence-electron chi connectivity index (χ0n) is 8.10. The van der Waals surface area contributed by atoms with E-state index in [9.17, 15) is 4.79 Å². The fourth-order valence-electron chi connectivity index (χ4n) is 1.52. The average molecular weight is 195 g/mol. The van der Waals surface area contributed by atoms with Gasteiger partial charge in [0.2, 0.25) is 0 Å². The summed E-state index contributed by atoms with van der Waals surface area (Å²) in [5.74, 6) is 0.127. The lowest BCUT2D eigenvalue weighted by molar-refractivity contribution is -0.113. The van der Waals surface area contributed by atoms with Gasteiger partial charge in [-0.2, -0.15) is 5.26 Å². The molecule has 0 spiro atoms. The van der Waals surface area contributed by atoms with Gasteiger partial charge < -0.3 is 0 Å². The molecule has 0 radical (unpaired) electrons. The highest BCUT2D eigenvalue weighted by atomic mass is 16.1. The van der Waals surface area contributed by atoms with Crippen molar-refractivity contribution in [2.24, 2.45) is 0 Å². The normalized spacial score (nSPS) is 14.6. The van der Waals surface area contributed by atoms with Crippen molar-refractivity contribution in [1.82, 2.24) is 0 Å². The first-order chi connectivity index (χ1) is 7.31. The van der Waals surface area contributed by atoms with E-state index < -0.39 is 0 Å². The van der Waals surface area contributed by atoms with Crippen molar-refractivity contribution in [2.75, 3.05) is 0 Å². The zero-order chi connectivity index (χ0) is 10.7. The van der Waals surface area contributed by atoms with E-state index in [-0.39, 0.29) is 5.78 Å². The Balaban J connectivity index is 2.38.